The van der Waals surface area contributed by atoms with Gasteiger partial charge < -0.3 is 9.73 Å². The highest BCUT2D eigenvalue weighted by Crippen LogP contribution is 2.28. The molecule has 1 saturated heterocycles. The highest BCUT2D eigenvalue weighted by molar-refractivity contribution is 6.31. The Morgan fingerprint density at radius 1 is 1.26 bits per heavy atom. The maximum absolute atomic E-state index is 13.1. The number of benzene rings is 1. The first-order valence-corrected chi connectivity index (χ1v) is 6.61. The van der Waals surface area contributed by atoms with Gasteiger partial charge in [-0.3, -0.25) is 0 Å². The molecule has 19 heavy (non-hydrogen) atoms. The second kappa shape index (κ2) is 5.27. The number of piperidine rings is 1. The van der Waals surface area contributed by atoms with Crippen molar-refractivity contribution in [2.45, 2.75) is 18.8 Å². The summed E-state index contributed by atoms with van der Waals surface area (Å²) in [5, 5.41) is 11.4. The molecule has 4 nitrogen and oxygen atoms in total. The Morgan fingerprint density at radius 2 is 2.05 bits per heavy atom. The molecule has 1 aromatic carbocycles. The average Bonchev–Trinajstić information content (AvgIpc) is 2.93. The fourth-order valence-corrected chi connectivity index (χ4v) is 2.39. The molecule has 1 aromatic heterocycles. The predicted octanol–water partition coefficient (Wildman–Crippen LogP) is 3.00. The summed E-state index contributed by atoms with van der Waals surface area (Å²) in [5.74, 6) is 0.884. The van der Waals surface area contributed by atoms with Gasteiger partial charge in [0, 0.05) is 11.5 Å². The largest absolute Gasteiger partial charge is 0.420 e. The van der Waals surface area contributed by atoms with Crippen LogP contribution in [0, 0.1) is 5.82 Å². The van der Waals surface area contributed by atoms with Gasteiger partial charge in [0.25, 0.3) is 0 Å². The second-order valence-corrected chi connectivity index (χ2v) is 5.01. The third-order valence-electron chi connectivity index (χ3n) is 3.30. The van der Waals surface area contributed by atoms with E-state index in [4.69, 9.17) is 16.0 Å². The van der Waals surface area contributed by atoms with Crippen LogP contribution < -0.4 is 5.32 Å². The first-order chi connectivity index (χ1) is 9.24. The number of nitrogens with zero attached hydrogens (tertiary/aromatic N) is 2. The van der Waals surface area contributed by atoms with Crippen LogP contribution in [0.4, 0.5) is 4.39 Å². The van der Waals surface area contributed by atoms with Crippen LogP contribution in [-0.4, -0.2) is 23.3 Å². The van der Waals surface area contributed by atoms with Crippen LogP contribution in [0.5, 0.6) is 0 Å². The van der Waals surface area contributed by atoms with Gasteiger partial charge in [-0.2, -0.15) is 0 Å². The van der Waals surface area contributed by atoms with E-state index in [1.54, 1.807) is 6.07 Å². The molecule has 6 heteroatoms. The molecule has 0 amide bonds. The van der Waals surface area contributed by atoms with E-state index < -0.39 is 5.82 Å². The first-order valence-electron chi connectivity index (χ1n) is 6.23. The molecule has 0 spiro atoms. The van der Waals surface area contributed by atoms with E-state index in [0.29, 0.717) is 23.3 Å². The van der Waals surface area contributed by atoms with Crippen LogP contribution in [0.15, 0.2) is 22.6 Å². The molecule has 0 saturated carbocycles. The van der Waals surface area contributed by atoms with Crippen molar-refractivity contribution >= 4 is 11.6 Å². The van der Waals surface area contributed by atoms with Crippen LogP contribution in [0.1, 0.15) is 24.7 Å². The second-order valence-electron chi connectivity index (χ2n) is 4.60. The molecule has 0 unspecified atom stereocenters. The SMILES string of the molecule is Fc1ccc(-c2nnc(C3CCNCC3)o2)cc1Cl. The van der Waals surface area contributed by atoms with Gasteiger partial charge in [0.2, 0.25) is 11.8 Å². The van der Waals surface area contributed by atoms with Gasteiger partial charge in [-0.1, -0.05) is 11.6 Å². The van der Waals surface area contributed by atoms with Gasteiger partial charge in [-0.05, 0) is 44.1 Å². The molecule has 1 N–H and O–H groups in total. The minimum atomic E-state index is -0.455. The Bertz CT molecular complexity index is 581. The lowest BCUT2D eigenvalue weighted by molar-refractivity contribution is 0.378. The topological polar surface area (TPSA) is 51.0 Å². The van der Waals surface area contributed by atoms with Gasteiger partial charge >= 0.3 is 0 Å². The number of aromatic nitrogens is 2. The summed E-state index contributed by atoms with van der Waals surface area (Å²) in [5.41, 5.74) is 0.638. The molecule has 2 heterocycles. The summed E-state index contributed by atoms with van der Waals surface area (Å²) in [4.78, 5) is 0. The Balaban J connectivity index is 1.85. The van der Waals surface area contributed by atoms with Crippen molar-refractivity contribution in [3.63, 3.8) is 0 Å². The van der Waals surface area contributed by atoms with Crippen molar-refractivity contribution in [1.82, 2.24) is 15.5 Å². The fourth-order valence-electron chi connectivity index (χ4n) is 2.21. The summed E-state index contributed by atoms with van der Waals surface area (Å²) in [6.07, 6.45) is 1.98. The molecule has 1 aliphatic rings. The van der Waals surface area contributed by atoms with Gasteiger partial charge in [0.1, 0.15) is 5.82 Å². The lowest BCUT2D eigenvalue weighted by Gasteiger charge is -2.18. The lowest BCUT2D eigenvalue weighted by atomic mass is 9.98. The first kappa shape index (κ1) is 12.6. The van der Waals surface area contributed by atoms with Crippen LogP contribution in [-0.2, 0) is 0 Å². The van der Waals surface area contributed by atoms with Crippen LogP contribution >= 0.6 is 11.6 Å². The molecule has 0 radical (unpaired) electrons. The zero-order valence-corrected chi connectivity index (χ0v) is 11.0. The number of nitrogens with one attached hydrogen (secondary N) is 1. The van der Waals surface area contributed by atoms with Crippen molar-refractivity contribution in [2.75, 3.05) is 13.1 Å². The molecule has 0 bridgehead atoms. The smallest absolute Gasteiger partial charge is 0.247 e. The lowest BCUT2D eigenvalue weighted by Crippen LogP contribution is -2.26. The van der Waals surface area contributed by atoms with Crippen LogP contribution in [0.25, 0.3) is 11.5 Å². The predicted molar refractivity (Wildman–Crippen MR) is 69.5 cm³/mol. The standard InChI is InChI=1S/C13H13ClFN3O/c14-10-7-9(1-2-11(10)15)13-18-17-12(19-13)8-3-5-16-6-4-8/h1-2,7-8,16H,3-6H2. The highest BCUT2D eigenvalue weighted by Gasteiger charge is 2.21. The molecule has 2 aromatic rings. The maximum Gasteiger partial charge on any atom is 0.247 e. The van der Waals surface area contributed by atoms with E-state index in [1.165, 1.54) is 12.1 Å². The fraction of sp³-hybridized carbons (Fsp3) is 0.385. The summed E-state index contributed by atoms with van der Waals surface area (Å²) in [6.45, 7) is 1.93. The van der Waals surface area contributed by atoms with Gasteiger partial charge in [0.15, 0.2) is 0 Å². The Kier molecular flexibility index (Phi) is 3.48. The van der Waals surface area contributed by atoms with E-state index in [-0.39, 0.29) is 5.02 Å². The quantitative estimate of drug-likeness (QED) is 0.919. The maximum atomic E-state index is 13.1. The highest BCUT2D eigenvalue weighted by atomic mass is 35.5. The normalized spacial score (nSPS) is 16.7. The number of rotatable bonds is 2. The van der Waals surface area contributed by atoms with Gasteiger partial charge in [0.05, 0.1) is 5.02 Å². The van der Waals surface area contributed by atoms with Crippen molar-refractivity contribution in [3.05, 3.63) is 34.9 Å². The number of halogens is 2. The molecule has 3 rings (SSSR count). The third-order valence-corrected chi connectivity index (χ3v) is 3.59. The zero-order chi connectivity index (χ0) is 13.2. The van der Waals surface area contributed by atoms with Gasteiger partial charge in [-0.25, -0.2) is 4.39 Å². The van der Waals surface area contributed by atoms with Gasteiger partial charge in [-0.15, -0.1) is 10.2 Å². The molecule has 0 atom stereocenters. The Labute approximate surface area is 115 Å². The molecule has 1 fully saturated rings. The van der Waals surface area contributed by atoms with Crippen LogP contribution in [0.3, 0.4) is 0 Å². The molecule has 0 aliphatic carbocycles. The van der Waals surface area contributed by atoms with Crippen molar-refractivity contribution in [3.8, 4) is 11.5 Å². The summed E-state index contributed by atoms with van der Waals surface area (Å²) < 4.78 is 18.8. The third kappa shape index (κ3) is 2.62. The summed E-state index contributed by atoms with van der Waals surface area (Å²) in [6, 6.07) is 4.38. The minimum Gasteiger partial charge on any atom is -0.420 e. The average molecular weight is 282 g/mol. The van der Waals surface area contributed by atoms with Crippen molar-refractivity contribution in [2.24, 2.45) is 0 Å². The van der Waals surface area contributed by atoms with Crippen LogP contribution in [0.2, 0.25) is 5.02 Å². The number of hydrogen-bond acceptors (Lipinski definition) is 4. The molecule has 100 valence electrons. The van der Waals surface area contributed by atoms with E-state index >= 15 is 0 Å². The zero-order valence-electron chi connectivity index (χ0n) is 10.2. The summed E-state index contributed by atoms with van der Waals surface area (Å²) in [7, 11) is 0. The summed E-state index contributed by atoms with van der Waals surface area (Å²) >= 11 is 5.75. The van der Waals surface area contributed by atoms with E-state index in [9.17, 15) is 4.39 Å². The Morgan fingerprint density at radius 3 is 2.79 bits per heavy atom. The van der Waals surface area contributed by atoms with Crippen molar-refractivity contribution in [1.29, 1.82) is 0 Å². The van der Waals surface area contributed by atoms with Crippen molar-refractivity contribution < 1.29 is 8.81 Å². The minimum absolute atomic E-state index is 0.0547. The molecular weight excluding hydrogens is 269 g/mol. The van der Waals surface area contributed by atoms with E-state index in [0.717, 1.165) is 25.9 Å². The Hall–Kier alpha value is -1.46. The number of hydrogen-bond donors (Lipinski definition) is 1. The molecular formula is C13H13ClFN3O. The van der Waals surface area contributed by atoms with E-state index in [2.05, 4.69) is 15.5 Å². The molecule has 1 aliphatic heterocycles. The monoisotopic (exact) mass is 281 g/mol. The van der Waals surface area contributed by atoms with E-state index in [1.807, 2.05) is 0 Å².